The molecule has 4 rings (SSSR count). The van der Waals surface area contributed by atoms with Crippen LogP contribution in [0.1, 0.15) is 24.6 Å². The molecule has 3 aromatic heterocycles. The van der Waals surface area contributed by atoms with Gasteiger partial charge in [0, 0.05) is 37.0 Å². The van der Waals surface area contributed by atoms with Crippen LogP contribution in [-0.4, -0.2) is 37.7 Å². The molecule has 0 aromatic carbocycles. The van der Waals surface area contributed by atoms with Gasteiger partial charge >= 0.3 is 0 Å². The van der Waals surface area contributed by atoms with Gasteiger partial charge in [-0.1, -0.05) is 0 Å². The molecule has 8 heteroatoms. The van der Waals surface area contributed by atoms with Crippen LogP contribution >= 0.6 is 0 Å². The van der Waals surface area contributed by atoms with Crippen molar-refractivity contribution in [2.75, 3.05) is 18.9 Å². The molecular formula is C16H18N6O2. The van der Waals surface area contributed by atoms with Crippen LogP contribution in [0.3, 0.4) is 0 Å². The van der Waals surface area contributed by atoms with E-state index in [0.717, 1.165) is 23.9 Å². The van der Waals surface area contributed by atoms with Gasteiger partial charge in [-0.3, -0.25) is 9.36 Å². The lowest BCUT2D eigenvalue weighted by Crippen LogP contribution is -2.31. The number of aromatic amines is 1. The highest BCUT2D eigenvalue weighted by Crippen LogP contribution is 2.27. The van der Waals surface area contributed by atoms with E-state index in [1.54, 1.807) is 23.0 Å². The third kappa shape index (κ3) is 2.35. The van der Waals surface area contributed by atoms with Crippen LogP contribution in [0.25, 0.3) is 22.4 Å². The van der Waals surface area contributed by atoms with Gasteiger partial charge in [-0.25, -0.2) is 9.97 Å². The topological polar surface area (TPSA) is 112 Å². The maximum Gasteiger partial charge on any atom is 0.263 e. The Hall–Kier alpha value is -2.74. The average molecular weight is 326 g/mol. The Morgan fingerprint density at radius 1 is 1.33 bits per heavy atom. The first-order chi connectivity index (χ1) is 11.6. The first kappa shape index (κ1) is 14.8. The van der Waals surface area contributed by atoms with Crippen molar-refractivity contribution >= 4 is 17.0 Å². The van der Waals surface area contributed by atoms with Gasteiger partial charge in [0.1, 0.15) is 11.5 Å². The van der Waals surface area contributed by atoms with Gasteiger partial charge in [0.05, 0.1) is 11.3 Å². The average Bonchev–Trinajstić information content (AvgIpc) is 3.09. The predicted octanol–water partition coefficient (Wildman–Crippen LogP) is 1.42. The molecule has 1 fully saturated rings. The number of nitrogens with zero attached hydrogens (tertiary/aromatic N) is 4. The molecule has 3 N–H and O–H groups in total. The SMILES string of the molecule is Cc1nc(N)nc2c1cc(-c1ncc[nH]1)c(=O)n2C1CCOCC1. The molecule has 24 heavy (non-hydrogen) atoms. The predicted molar refractivity (Wildman–Crippen MR) is 89.6 cm³/mol. The maximum absolute atomic E-state index is 13.2. The van der Waals surface area contributed by atoms with Crippen molar-refractivity contribution in [2.24, 2.45) is 0 Å². The first-order valence-corrected chi connectivity index (χ1v) is 7.92. The van der Waals surface area contributed by atoms with Crippen molar-refractivity contribution in [3.8, 4) is 11.4 Å². The molecule has 0 atom stereocenters. The van der Waals surface area contributed by atoms with Crippen molar-refractivity contribution in [1.29, 1.82) is 0 Å². The third-order valence-electron chi connectivity index (χ3n) is 4.41. The van der Waals surface area contributed by atoms with Gasteiger partial charge < -0.3 is 15.5 Å². The van der Waals surface area contributed by atoms with Crippen LogP contribution in [0.2, 0.25) is 0 Å². The number of nitrogens with two attached hydrogens (primary N) is 1. The zero-order valence-electron chi connectivity index (χ0n) is 13.3. The number of aromatic nitrogens is 5. The molecule has 3 aromatic rings. The van der Waals surface area contributed by atoms with Gasteiger partial charge in [-0.2, -0.15) is 4.98 Å². The fraction of sp³-hybridized carbons (Fsp3) is 0.375. The standard InChI is InChI=1S/C16H18N6O2/c1-9-11-8-12(13-18-4-5-19-13)15(23)22(10-2-6-24-7-3-10)14(11)21-16(17)20-9/h4-5,8,10H,2-3,6-7H2,1H3,(H,18,19)(H2,17,20,21). The number of anilines is 1. The van der Waals surface area contributed by atoms with Crippen LogP contribution in [-0.2, 0) is 4.74 Å². The maximum atomic E-state index is 13.2. The lowest BCUT2D eigenvalue weighted by Gasteiger charge is -2.26. The minimum absolute atomic E-state index is 0.0253. The smallest absolute Gasteiger partial charge is 0.263 e. The number of H-pyrrole nitrogens is 1. The molecule has 0 radical (unpaired) electrons. The van der Waals surface area contributed by atoms with Gasteiger partial charge in [0.25, 0.3) is 5.56 Å². The lowest BCUT2D eigenvalue weighted by molar-refractivity contribution is 0.0697. The van der Waals surface area contributed by atoms with Crippen LogP contribution in [0, 0.1) is 6.92 Å². The second-order valence-corrected chi connectivity index (χ2v) is 5.92. The van der Waals surface area contributed by atoms with Crippen LogP contribution < -0.4 is 11.3 Å². The molecular weight excluding hydrogens is 308 g/mol. The van der Waals surface area contributed by atoms with E-state index in [9.17, 15) is 4.79 Å². The van der Waals surface area contributed by atoms with E-state index in [0.29, 0.717) is 30.2 Å². The minimum Gasteiger partial charge on any atom is -0.381 e. The molecule has 8 nitrogen and oxygen atoms in total. The monoisotopic (exact) mass is 326 g/mol. The molecule has 0 saturated carbocycles. The van der Waals surface area contributed by atoms with E-state index in [2.05, 4.69) is 19.9 Å². The molecule has 1 aliphatic heterocycles. The summed E-state index contributed by atoms with van der Waals surface area (Å²) in [5.74, 6) is 0.713. The molecule has 0 unspecified atom stereocenters. The Morgan fingerprint density at radius 2 is 2.12 bits per heavy atom. The summed E-state index contributed by atoms with van der Waals surface area (Å²) in [7, 11) is 0. The Labute approximate surface area is 137 Å². The molecule has 0 amide bonds. The summed E-state index contributed by atoms with van der Waals surface area (Å²) in [6.45, 7) is 3.12. The number of nitrogen functional groups attached to an aromatic ring is 1. The number of rotatable bonds is 2. The number of imidazole rings is 1. The summed E-state index contributed by atoms with van der Waals surface area (Å²) in [4.78, 5) is 29.0. The van der Waals surface area contributed by atoms with Crippen LogP contribution in [0.15, 0.2) is 23.3 Å². The quantitative estimate of drug-likeness (QED) is 0.736. The van der Waals surface area contributed by atoms with E-state index in [1.807, 2.05) is 6.92 Å². The van der Waals surface area contributed by atoms with Crippen molar-refractivity contribution < 1.29 is 4.74 Å². The van der Waals surface area contributed by atoms with Crippen molar-refractivity contribution in [2.45, 2.75) is 25.8 Å². The highest BCUT2D eigenvalue weighted by molar-refractivity contribution is 5.83. The summed E-state index contributed by atoms with van der Waals surface area (Å²) in [6, 6.07) is 1.82. The molecule has 4 heterocycles. The Balaban J connectivity index is 2.06. The van der Waals surface area contributed by atoms with Crippen LogP contribution in [0.5, 0.6) is 0 Å². The lowest BCUT2D eigenvalue weighted by atomic mass is 10.1. The summed E-state index contributed by atoms with van der Waals surface area (Å²) >= 11 is 0. The number of hydrogen-bond donors (Lipinski definition) is 2. The third-order valence-corrected chi connectivity index (χ3v) is 4.41. The minimum atomic E-state index is -0.123. The summed E-state index contributed by atoms with van der Waals surface area (Å²) in [5.41, 5.74) is 7.53. The summed E-state index contributed by atoms with van der Waals surface area (Å²) in [6.07, 6.45) is 4.85. The highest BCUT2D eigenvalue weighted by Gasteiger charge is 2.23. The molecule has 1 saturated heterocycles. The summed E-state index contributed by atoms with van der Waals surface area (Å²) in [5, 5.41) is 0.807. The molecule has 1 aliphatic rings. The van der Waals surface area contributed by atoms with Crippen molar-refractivity contribution in [3.63, 3.8) is 0 Å². The fourth-order valence-electron chi connectivity index (χ4n) is 3.24. The molecule has 0 aliphatic carbocycles. The number of fused-ring (bicyclic) bond motifs is 1. The number of nitrogens with one attached hydrogen (secondary N) is 1. The molecule has 0 spiro atoms. The van der Waals surface area contributed by atoms with Crippen LogP contribution in [0.4, 0.5) is 5.95 Å². The van der Waals surface area contributed by atoms with E-state index < -0.39 is 0 Å². The number of ether oxygens (including phenoxy) is 1. The van der Waals surface area contributed by atoms with Gasteiger partial charge in [0.15, 0.2) is 0 Å². The second-order valence-electron chi connectivity index (χ2n) is 5.92. The van der Waals surface area contributed by atoms with E-state index in [-0.39, 0.29) is 17.5 Å². The Bertz CT molecular complexity index is 941. The highest BCUT2D eigenvalue weighted by atomic mass is 16.5. The Morgan fingerprint density at radius 3 is 2.83 bits per heavy atom. The summed E-state index contributed by atoms with van der Waals surface area (Å²) < 4.78 is 7.17. The zero-order chi connectivity index (χ0) is 16.7. The van der Waals surface area contributed by atoms with Gasteiger partial charge in [-0.15, -0.1) is 0 Å². The normalized spacial score (nSPS) is 15.9. The van der Waals surface area contributed by atoms with Gasteiger partial charge in [-0.05, 0) is 25.8 Å². The van der Waals surface area contributed by atoms with E-state index in [4.69, 9.17) is 10.5 Å². The number of hydrogen-bond acceptors (Lipinski definition) is 6. The van der Waals surface area contributed by atoms with Gasteiger partial charge in [0.2, 0.25) is 5.95 Å². The van der Waals surface area contributed by atoms with Crippen molar-refractivity contribution in [1.82, 2.24) is 24.5 Å². The number of pyridine rings is 1. The Kier molecular flexibility index (Phi) is 3.53. The fourth-order valence-corrected chi connectivity index (χ4v) is 3.24. The van der Waals surface area contributed by atoms with E-state index >= 15 is 0 Å². The second kappa shape index (κ2) is 5.72. The van der Waals surface area contributed by atoms with E-state index in [1.165, 1.54) is 0 Å². The zero-order valence-corrected chi connectivity index (χ0v) is 13.3. The first-order valence-electron chi connectivity index (χ1n) is 7.92. The molecule has 0 bridgehead atoms. The number of aryl methyl sites for hydroxylation is 1. The largest absolute Gasteiger partial charge is 0.381 e. The van der Waals surface area contributed by atoms with Crippen molar-refractivity contribution in [3.05, 3.63) is 34.5 Å². The molecule has 124 valence electrons.